The van der Waals surface area contributed by atoms with Crippen LogP contribution in [0.3, 0.4) is 0 Å². The Balaban J connectivity index is 0.000001000. The zero-order chi connectivity index (χ0) is 7.40. The van der Waals surface area contributed by atoms with Gasteiger partial charge in [-0.05, 0) is 12.1 Å². The number of oxime groups is 1. The molecule has 0 aliphatic heterocycles. The van der Waals surface area contributed by atoms with E-state index < -0.39 is 0 Å². The number of hydrogen-bond donors (Lipinski definition) is 1. The molecule has 0 unspecified atom stereocenters. The summed E-state index contributed by atoms with van der Waals surface area (Å²) in [6.45, 7) is 0. The van der Waals surface area contributed by atoms with Crippen LogP contribution in [-0.4, -0.2) is 16.4 Å². The van der Waals surface area contributed by atoms with Crippen LogP contribution in [0.1, 0.15) is 5.56 Å². The highest BCUT2D eigenvalue weighted by Crippen LogP contribution is 2.04. The fourth-order valence-corrected chi connectivity index (χ4v) is 0.747. The van der Waals surface area contributed by atoms with Crippen molar-refractivity contribution in [3.05, 3.63) is 29.0 Å². The molecule has 0 aliphatic carbocycles. The van der Waals surface area contributed by atoms with E-state index in [1.54, 1.807) is 18.3 Å². The Kier molecular flexibility index (Phi) is 4.57. The SMILES string of the molecule is Cl.ON=Cc1ccnc(Cl)c1. The normalized spacial score (nSPS) is 9.55. The predicted molar refractivity (Wildman–Crippen MR) is 45.9 cm³/mol. The molecule has 0 saturated heterocycles. The van der Waals surface area contributed by atoms with Gasteiger partial charge in [-0.2, -0.15) is 0 Å². The molecule has 1 rings (SSSR count). The minimum Gasteiger partial charge on any atom is -0.411 e. The highest BCUT2D eigenvalue weighted by atomic mass is 35.5. The number of aromatic nitrogens is 1. The lowest BCUT2D eigenvalue weighted by molar-refractivity contribution is 0.322. The summed E-state index contributed by atoms with van der Waals surface area (Å²) in [5, 5.41) is 11.3. The molecule has 3 nitrogen and oxygen atoms in total. The maximum atomic E-state index is 8.12. The lowest BCUT2D eigenvalue weighted by Crippen LogP contribution is -1.81. The summed E-state index contributed by atoms with van der Waals surface area (Å²) in [6.07, 6.45) is 2.83. The van der Waals surface area contributed by atoms with Crippen LogP contribution in [0.25, 0.3) is 0 Å². The molecule has 0 aliphatic rings. The first-order valence-corrected chi connectivity index (χ1v) is 2.99. The van der Waals surface area contributed by atoms with Crippen molar-refractivity contribution in [2.24, 2.45) is 5.16 Å². The summed E-state index contributed by atoms with van der Waals surface area (Å²) >= 11 is 5.53. The Morgan fingerprint density at radius 1 is 1.64 bits per heavy atom. The summed E-state index contributed by atoms with van der Waals surface area (Å²) < 4.78 is 0. The van der Waals surface area contributed by atoms with E-state index in [4.69, 9.17) is 16.8 Å². The van der Waals surface area contributed by atoms with Gasteiger partial charge in [0.05, 0.1) is 6.21 Å². The smallest absolute Gasteiger partial charge is 0.129 e. The zero-order valence-electron chi connectivity index (χ0n) is 5.44. The van der Waals surface area contributed by atoms with Crippen LogP contribution in [0.4, 0.5) is 0 Å². The molecule has 60 valence electrons. The van der Waals surface area contributed by atoms with E-state index >= 15 is 0 Å². The van der Waals surface area contributed by atoms with Gasteiger partial charge < -0.3 is 5.21 Å². The fraction of sp³-hybridized carbons (Fsp3) is 0. The van der Waals surface area contributed by atoms with Gasteiger partial charge in [-0.1, -0.05) is 16.8 Å². The standard InChI is InChI=1S/C6H5ClN2O.ClH/c7-6-3-5(4-9-10)1-2-8-6;/h1-4,10H;1H. The van der Waals surface area contributed by atoms with Crippen molar-refractivity contribution in [2.45, 2.75) is 0 Å². The minimum atomic E-state index is 0. The Bertz CT molecular complexity index is 252. The second-order valence-corrected chi connectivity index (χ2v) is 2.04. The number of nitrogens with zero attached hydrogens (tertiary/aromatic N) is 2. The molecule has 0 aromatic carbocycles. The molecule has 1 aromatic heterocycles. The van der Waals surface area contributed by atoms with Crippen molar-refractivity contribution in [1.29, 1.82) is 0 Å². The number of hydrogen-bond acceptors (Lipinski definition) is 3. The molecule has 0 radical (unpaired) electrons. The third kappa shape index (κ3) is 3.20. The molecular formula is C6H6Cl2N2O. The average Bonchev–Trinajstić information content (AvgIpc) is 1.88. The van der Waals surface area contributed by atoms with Crippen molar-refractivity contribution in [3.8, 4) is 0 Å². The number of rotatable bonds is 1. The molecule has 0 fully saturated rings. The van der Waals surface area contributed by atoms with Crippen LogP contribution in [0.5, 0.6) is 0 Å². The maximum absolute atomic E-state index is 8.12. The second-order valence-electron chi connectivity index (χ2n) is 1.66. The van der Waals surface area contributed by atoms with E-state index in [-0.39, 0.29) is 12.4 Å². The van der Waals surface area contributed by atoms with E-state index in [0.29, 0.717) is 5.15 Å². The van der Waals surface area contributed by atoms with Gasteiger partial charge in [0.2, 0.25) is 0 Å². The topological polar surface area (TPSA) is 45.5 Å². The van der Waals surface area contributed by atoms with Crippen molar-refractivity contribution in [3.63, 3.8) is 0 Å². The summed E-state index contributed by atoms with van der Waals surface area (Å²) in [5.74, 6) is 0. The Morgan fingerprint density at radius 2 is 2.36 bits per heavy atom. The molecule has 1 heterocycles. The Morgan fingerprint density at radius 3 is 2.91 bits per heavy atom. The van der Waals surface area contributed by atoms with Crippen LogP contribution in [-0.2, 0) is 0 Å². The second kappa shape index (κ2) is 4.93. The lowest BCUT2D eigenvalue weighted by Gasteiger charge is -1.89. The first-order valence-electron chi connectivity index (χ1n) is 2.62. The summed E-state index contributed by atoms with van der Waals surface area (Å²) in [7, 11) is 0. The highest BCUT2D eigenvalue weighted by Gasteiger charge is 1.89. The van der Waals surface area contributed by atoms with Crippen molar-refractivity contribution in [1.82, 2.24) is 4.98 Å². The largest absolute Gasteiger partial charge is 0.411 e. The van der Waals surface area contributed by atoms with Gasteiger partial charge in [-0.25, -0.2) is 4.98 Å². The van der Waals surface area contributed by atoms with E-state index in [1.807, 2.05) is 0 Å². The van der Waals surface area contributed by atoms with Gasteiger partial charge >= 0.3 is 0 Å². The molecule has 0 spiro atoms. The Labute approximate surface area is 75.1 Å². The highest BCUT2D eigenvalue weighted by molar-refractivity contribution is 6.29. The fourth-order valence-electron chi connectivity index (χ4n) is 0.564. The number of pyridine rings is 1. The van der Waals surface area contributed by atoms with E-state index in [1.165, 1.54) is 6.21 Å². The first-order chi connectivity index (χ1) is 4.83. The van der Waals surface area contributed by atoms with Crippen molar-refractivity contribution in [2.75, 3.05) is 0 Å². The molecule has 0 atom stereocenters. The minimum absolute atomic E-state index is 0. The average molecular weight is 193 g/mol. The van der Waals surface area contributed by atoms with E-state index in [0.717, 1.165) is 5.56 Å². The van der Waals surface area contributed by atoms with Crippen LogP contribution >= 0.6 is 24.0 Å². The van der Waals surface area contributed by atoms with Gasteiger partial charge in [0, 0.05) is 11.8 Å². The first kappa shape index (κ1) is 10.2. The van der Waals surface area contributed by atoms with Gasteiger partial charge in [0.25, 0.3) is 0 Å². The maximum Gasteiger partial charge on any atom is 0.129 e. The lowest BCUT2D eigenvalue weighted by atomic mass is 10.3. The van der Waals surface area contributed by atoms with Crippen molar-refractivity contribution >= 4 is 30.2 Å². The molecular weight excluding hydrogens is 187 g/mol. The third-order valence-corrected chi connectivity index (χ3v) is 1.16. The summed E-state index contributed by atoms with van der Waals surface area (Å²) in [5.41, 5.74) is 0.725. The monoisotopic (exact) mass is 192 g/mol. The van der Waals surface area contributed by atoms with Crippen LogP contribution in [0.2, 0.25) is 5.15 Å². The molecule has 11 heavy (non-hydrogen) atoms. The summed E-state index contributed by atoms with van der Waals surface area (Å²) in [6, 6.07) is 3.28. The van der Waals surface area contributed by atoms with Gasteiger partial charge in [-0.15, -0.1) is 12.4 Å². The molecule has 1 aromatic rings. The van der Waals surface area contributed by atoms with Crippen LogP contribution < -0.4 is 0 Å². The van der Waals surface area contributed by atoms with Crippen LogP contribution in [0.15, 0.2) is 23.5 Å². The Hall–Kier alpha value is -0.800. The van der Waals surface area contributed by atoms with Gasteiger partial charge in [0.15, 0.2) is 0 Å². The molecule has 0 bridgehead atoms. The quantitative estimate of drug-likeness (QED) is 0.320. The molecule has 1 N–H and O–H groups in total. The van der Waals surface area contributed by atoms with E-state index in [9.17, 15) is 0 Å². The van der Waals surface area contributed by atoms with Gasteiger partial charge in [-0.3, -0.25) is 0 Å². The molecule has 0 saturated carbocycles. The zero-order valence-corrected chi connectivity index (χ0v) is 7.01. The van der Waals surface area contributed by atoms with Gasteiger partial charge in [0.1, 0.15) is 5.15 Å². The summed E-state index contributed by atoms with van der Waals surface area (Å²) in [4.78, 5) is 3.74. The molecule has 0 amide bonds. The van der Waals surface area contributed by atoms with Crippen molar-refractivity contribution < 1.29 is 5.21 Å². The third-order valence-electron chi connectivity index (χ3n) is 0.957. The number of halogens is 2. The van der Waals surface area contributed by atoms with Crippen LogP contribution in [0, 0.1) is 0 Å². The predicted octanol–water partition coefficient (Wildman–Crippen LogP) is 1.96. The molecule has 5 heteroatoms. The van der Waals surface area contributed by atoms with E-state index in [2.05, 4.69) is 10.1 Å².